The number of amides is 2. The Morgan fingerprint density at radius 2 is 2.04 bits per heavy atom. The summed E-state index contributed by atoms with van der Waals surface area (Å²) in [6, 6.07) is 7.08. The molecule has 2 aromatic rings. The second-order valence-corrected chi connectivity index (χ2v) is 7.63. The number of aromatic amines is 1. The van der Waals surface area contributed by atoms with Gasteiger partial charge in [-0.3, -0.25) is 9.89 Å². The van der Waals surface area contributed by atoms with Gasteiger partial charge in [-0.2, -0.15) is 5.10 Å². The maximum Gasteiger partial charge on any atom is 0.410 e. The van der Waals surface area contributed by atoms with Gasteiger partial charge in [-0.05, 0) is 39.3 Å². The molecule has 2 heterocycles. The first kappa shape index (κ1) is 18.3. The van der Waals surface area contributed by atoms with Crippen LogP contribution in [0.25, 0.3) is 0 Å². The molecule has 0 unspecified atom stereocenters. The van der Waals surface area contributed by atoms with Crippen molar-refractivity contribution in [2.75, 3.05) is 11.9 Å². The number of thiol groups is 1. The van der Waals surface area contributed by atoms with Crippen LogP contribution >= 0.6 is 12.6 Å². The van der Waals surface area contributed by atoms with Gasteiger partial charge in [-0.25, -0.2) is 4.79 Å². The van der Waals surface area contributed by atoms with Crippen molar-refractivity contribution < 1.29 is 14.3 Å². The zero-order chi connectivity index (χ0) is 18.9. The van der Waals surface area contributed by atoms with Crippen molar-refractivity contribution >= 4 is 30.4 Å². The Morgan fingerprint density at radius 1 is 1.31 bits per heavy atom. The maximum absolute atomic E-state index is 12.4. The number of hydrogen-bond donors (Lipinski definition) is 3. The van der Waals surface area contributed by atoms with E-state index < -0.39 is 5.60 Å². The zero-order valence-electron chi connectivity index (χ0n) is 15.0. The molecule has 0 radical (unpaired) electrons. The summed E-state index contributed by atoms with van der Waals surface area (Å²) >= 11 is 4.31. The molecule has 0 bridgehead atoms. The molecule has 1 aromatic heterocycles. The molecule has 26 heavy (non-hydrogen) atoms. The van der Waals surface area contributed by atoms with E-state index in [-0.39, 0.29) is 12.0 Å². The molecular formula is C18H22N4O3S. The lowest BCUT2D eigenvalue weighted by molar-refractivity contribution is 0.0221. The van der Waals surface area contributed by atoms with Gasteiger partial charge >= 0.3 is 6.09 Å². The number of hydrogen-bond acceptors (Lipinski definition) is 5. The fourth-order valence-electron chi connectivity index (χ4n) is 2.74. The molecule has 0 fully saturated rings. The summed E-state index contributed by atoms with van der Waals surface area (Å²) in [5, 5.41) is 9.94. The standard InChI is InChI=1S/C18H22N4O3S/c1-18(2,3)25-17(24)22-9-8-11-13(10-22)20-21-15(11)19-16(23)12-6-4-5-7-14(12)26/h4-7,26H,8-10H2,1-3H3,(H2,19,20,21,23). The minimum Gasteiger partial charge on any atom is -0.444 e. The van der Waals surface area contributed by atoms with Gasteiger partial charge in [0, 0.05) is 17.0 Å². The van der Waals surface area contributed by atoms with E-state index in [1.54, 1.807) is 23.1 Å². The molecule has 3 rings (SSSR count). The lowest BCUT2D eigenvalue weighted by Crippen LogP contribution is -2.39. The van der Waals surface area contributed by atoms with Crippen LogP contribution in [0.4, 0.5) is 10.6 Å². The molecular weight excluding hydrogens is 352 g/mol. The van der Waals surface area contributed by atoms with Gasteiger partial charge in [0.25, 0.3) is 5.91 Å². The van der Waals surface area contributed by atoms with E-state index in [9.17, 15) is 9.59 Å². The second-order valence-electron chi connectivity index (χ2n) is 7.15. The summed E-state index contributed by atoms with van der Waals surface area (Å²) in [5.41, 5.74) is 1.66. The molecule has 1 aliphatic rings. The number of rotatable bonds is 2. The molecule has 0 saturated heterocycles. The van der Waals surface area contributed by atoms with Gasteiger partial charge in [0.2, 0.25) is 0 Å². The van der Waals surface area contributed by atoms with E-state index in [0.29, 0.717) is 35.8 Å². The smallest absolute Gasteiger partial charge is 0.410 e. The highest BCUT2D eigenvalue weighted by atomic mass is 32.1. The van der Waals surface area contributed by atoms with Gasteiger partial charge < -0.3 is 15.0 Å². The van der Waals surface area contributed by atoms with Crippen LogP contribution in [0, 0.1) is 0 Å². The van der Waals surface area contributed by atoms with E-state index in [2.05, 4.69) is 28.1 Å². The highest BCUT2D eigenvalue weighted by molar-refractivity contribution is 7.80. The third kappa shape index (κ3) is 4.01. The SMILES string of the molecule is CC(C)(C)OC(=O)N1CCc2c(NC(=O)c3ccccc3S)n[nH]c2C1. The summed E-state index contributed by atoms with van der Waals surface area (Å²) < 4.78 is 5.41. The first-order valence-corrected chi connectivity index (χ1v) is 8.83. The largest absolute Gasteiger partial charge is 0.444 e. The number of fused-ring (bicyclic) bond motifs is 1. The van der Waals surface area contributed by atoms with Crippen molar-refractivity contribution in [2.24, 2.45) is 0 Å². The Kier molecular flexibility index (Phi) is 4.95. The van der Waals surface area contributed by atoms with Crippen LogP contribution in [0.1, 0.15) is 42.4 Å². The number of anilines is 1. The van der Waals surface area contributed by atoms with E-state index in [4.69, 9.17) is 4.74 Å². The van der Waals surface area contributed by atoms with Crippen molar-refractivity contribution in [1.82, 2.24) is 15.1 Å². The molecule has 7 nitrogen and oxygen atoms in total. The summed E-state index contributed by atoms with van der Waals surface area (Å²) in [6.45, 7) is 6.39. The number of H-pyrrole nitrogens is 1. The van der Waals surface area contributed by atoms with E-state index in [0.717, 1.165) is 11.3 Å². The number of nitrogens with zero attached hydrogens (tertiary/aromatic N) is 2. The highest BCUT2D eigenvalue weighted by Gasteiger charge is 2.29. The van der Waals surface area contributed by atoms with Crippen LogP contribution in [0.15, 0.2) is 29.2 Å². The molecule has 2 N–H and O–H groups in total. The van der Waals surface area contributed by atoms with E-state index >= 15 is 0 Å². The maximum atomic E-state index is 12.4. The van der Waals surface area contributed by atoms with Crippen LogP contribution in [-0.4, -0.2) is 39.2 Å². The van der Waals surface area contributed by atoms with Crippen LogP contribution in [-0.2, 0) is 17.7 Å². The number of carbonyl (C=O) groups excluding carboxylic acids is 2. The molecule has 0 aliphatic carbocycles. The Balaban J connectivity index is 1.71. The number of benzene rings is 1. The summed E-state index contributed by atoms with van der Waals surface area (Å²) in [7, 11) is 0. The van der Waals surface area contributed by atoms with Crippen molar-refractivity contribution in [2.45, 2.75) is 44.2 Å². The molecule has 1 aliphatic heterocycles. The molecule has 1 aromatic carbocycles. The summed E-state index contributed by atoms with van der Waals surface area (Å²) in [6.07, 6.45) is 0.232. The highest BCUT2D eigenvalue weighted by Crippen LogP contribution is 2.25. The van der Waals surface area contributed by atoms with Gasteiger partial charge in [0.15, 0.2) is 5.82 Å². The predicted octanol–water partition coefficient (Wildman–Crippen LogP) is 3.24. The third-order valence-electron chi connectivity index (χ3n) is 3.97. The Hall–Kier alpha value is -2.48. The number of carbonyl (C=O) groups is 2. The lowest BCUT2D eigenvalue weighted by Gasteiger charge is -2.29. The fraction of sp³-hybridized carbons (Fsp3) is 0.389. The Labute approximate surface area is 157 Å². The summed E-state index contributed by atoms with van der Waals surface area (Å²) in [5.74, 6) is 0.227. The Bertz CT molecular complexity index is 841. The zero-order valence-corrected chi connectivity index (χ0v) is 15.9. The van der Waals surface area contributed by atoms with Gasteiger partial charge in [0.05, 0.1) is 17.8 Å². The average Bonchev–Trinajstić information content (AvgIpc) is 2.96. The number of nitrogens with one attached hydrogen (secondary N) is 2. The average molecular weight is 374 g/mol. The van der Waals surface area contributed by atoms with Crippen molar-refractivity contribution in [3.05, 3.63) is 41.1 Å². The topological polar surface area (TPSA) is 87.3 Å². The number of ether oxygens (including phenoxy) is 1. The lowest BCUT2D eigenvalue weighted by atomic mass is 10.1. The third-order valence-corrected chi connectivity index (χ3v) is 4.36. The van der Waals surface area contributed by atoms with Crippen LogP contribution in [0.5, 0.6) is 0 Å². The molecule has 8 heteroatoms. The monoisotopic (exact) mass is 374 g/mol. The van der Waals surface area contributed by atoms with Crippen molar-refractivity contribution in [3.8, 4) is 0 Å². The molecule has 0 saturated carbocycles. The molecule has 138 valence electrons. The Morgan fingerprint density at radius 3 is 2.73 bits per heavy atom. The number of aromatic nitrogens is 2. The molecule has 0 spiro atoms. The molecule has 0 atom stereocenters. The van der Waals surface area contributed by atoms with Crippen molar-refractivity contribution in [3.63, 3.8) is 0 Å². The molecule has 2 amide bonds. The van der Waals surface area contributed by atoms with E-state index in [1.165, 1.54) is 0 Å². The van der Waals surface area contributed by atoms with Gasteiger partial charge in [-0.1, -0.05) is 12.1 Å². The van der Waals surface area contributed by atoms with Gasteiger partial charge in [0.1, 0.15) is 5.60 Å². The van der Waals surface area contributed by atoms with Crippen molar-refractivity contribution in [1.29, 1.82) is 0 Å². The quantitative estimate of drug-likeness (QED) is 0.704. The first-order valence-electron chi connectivity index (χ1n) is 8.38. The van der Waals surface area contributed by atoms with Crippen LogP contribution in [0.3, 0.4) is 0 Å². The minimum absolute atomic E-state index is 0.264. The van der Waals surface area contributed by atoms with Gasteiger partial charge in [-0.15, -0.1) is 12.6 Å². The fourth-order valence-corrected chi connectivity index (χ4v) is 3.01. The van der Waals surface area contributed by atoms with E-state index in [1.807, 2.05) is 26.8 Å². The minimum atomic E-state index is -0.537. The normalized spacial score (nSPS) is 13.9. The predicted molar refractivity (Wildman–Crippen MR) is 101 cm³/mol. The summed E-state index contributed by atoms with van der Waals surface area (Å²) in [4.78, 5) is 26.9. The first-order chi connectivity index (χ1) is 12.2. The second kappa shape index (κ2) is 7.03. The van der Waals surface area contributed by atoms with Crippen LogP contribution in [0.2, 0.25) is 0 Å². The van der Waals surface area contributed by atoms with Crippen LogP contribution < -0.4 is 5.32 Å².